The monoisotopic (exact) mass is 482 g/mol. The van der Waals surface area contributed by atoms with E-state index < -0.39 is 11.6 Å². The Morgan fingerprint density at radius 3 is 2.44 bits per heavy atom. The number of nitrogens with one attached hydrogen (secondary N) is 1. The third-order valence-electron chi connectivity index (χ3n) is 4.87. The quantitative estimate of drug-likeness (QED) is 0.337. The third-order valence-corrected chi connectivity index (χ3v) is 5.76. The molecule has 0 aliphatic heterocycles. The average molecular weight is 483 g/mol. The summed E-state index contributed by atoms with van der Waals surface area (Å²) >= 11 is 1.32. The fourth-order valence-electron chi connectivity index (χ4n) is 3.09. The summed E-state index contributed by atoms with van der Waals surface area (Å²) in [6.45, 7) is 0.0415. The molecule has 1 heterocycles. The molecule has 174 valence electrons. The molecule has 4 aromatic rings. The third kappa shape index (κ3) is 5.32. The van der Waals surface area contributed by atoms with Gasteiger partial charge in [0.05, 0.1) is 14.2 Å². The molecule has 0 spiro atoms. The number of methoxy groups -OCH3 is 2. The maximum Gasteiger partial charge on any atom is 0.275 e. The predicted molar refractivity (Wildman–Crippen MR) is 126 cm³/mol. The maximum atomic E-state index is 13.4. The van der Waals surface area contributed by atoms with Gasteiger partial charge in [-0.1, -0.05) is 6.07 Å². The van der Waals surface area contributed by atoms with E-state index >= 15 is 0 Å². The molecule has 4 rings (SSSR count). The van der Waals surface area contributed by atoms with Crippen LogP contribution in [0.25, 0.3) is 10.6 Å². The molecule has 0 atom stereocenters. The topological polar surface area (TPSA) is 69.7 Å². The molecule has 0 aliphatic carbocycles. The van der Waals surface area contributed by atoms with E-state index in [1.54, 1.807) is 55.0 Å². The highest BCUT2D eigenvalue weighted by Gasteiger charge is 2.15. The highest BCUT2D eigenvalue weighted by molar-refractivity contribution is 7.13. The van der Waals surface area contributed by atoms with Gasteiger partial charge in [-0.2, -0.15) is 0 Å². The van der Waals surface area contributed by atoms with Crippen molar-refractivity contribution in [2.75, 3.05) is 19.5 Å². The number of benzene rings is 3. The Hall–Kier alpha value is -3.98. The summed E-state index contributed by atoms with van der Waals surface area (Å²) < 4.78 is 42.8. The number of hydrogen-bond donors (Lipinski definition) is 1. The number of aromatic nitrogens is 1. The van der Waals surface area contributed by atoms with Crippen LogP contribution in [-0.4, -0.2) is 25.1 Å². The van der Waals surface area contributed by atoms with Crippen LogP contribution >= 0.6 is 11.3 Å². The van der Waals surface area contributed by atoms with E-state index in [1.165, 1.54) is 24.5 Å². The van der Waals surface area contributed by atoms with E-state index in [1.807, 2.05) is 0 Å². The predicted octanol–water partition coefficient (Wildman–Crippen LogP) is 5.94. The molecular formula is C25H20F2N2O4S. The number of halogens is 2. The van der Waals surface area contributed by atoms with Gasteiger partial charge in [0.2, 0.25) is 0 Å². The molecule has 0 saturated carbocycles. The number of carbonyl (C=O) groups is 1. The maximum absolute atomic E-state index is 13.4. The Kier molecular flexibility index (Phi) is 7.03. The van der Waals surface area contributed by atoms with Crippen molar-refractivity contribution in [1.29, 1.82) is 0 Å². The lowest BCUT2D eigenvalue weighted by Gasteiger charge is -2.12. The summed E-state index contributed by atoms with van der Waals surface area (Å²) in [6.07, 6.45) is 0. The zero-order chi connectivity index (χ0) is 24.1. The van der Waals surface area contributed by atoms with Crippen LogP contribution in [0.2, 0.25) is 0 Å². The van der Waals surface area contributed by atoms with Gasteiger partial charge in [0, 0.05) is 16.6 Å². The molecule has 34 heavy (non-hydrogen) atoms. The van der Waals surface area contributed by atoms with Gasteiger partial charge in [-0.15, -0.1) is 11.3 Å². The van der Waals surface area contributed by atoms with Crippen molar-refractivity contribution in [3.8, 4) is 27.8 Å². The Morgan fingerprint density at radius 1 is 0.941 bits per heavy atom. The van der Waals surface area contributed by atoms with E-state index in [-0.39, 0.29) is 18.2 Å². The molecule has 0 bridgehead atoms. The molecule has 6 nitrogen and oxygen atoms in total. The van der Waals surface area contributed by atoms with Gasteiger partial charge in [0.1, 0.15) is 23.1 Å². The second-order valence-corrected chi connectivity index (χ2v) is 7.98. The molecule has 0 saturated heterocycles. The standard InChI is InChI=1S/C25H20F2N2O4S/c1-31-18-7-5-17(6-8-18)28-24(30)21-14-34-25(29-21)16-4-10-22(23(12-16)32-2)33-13-15-3-9-19(26)20(27)11-15/h3-12,14H,13H2,1-2H3,(H,28,30). The Bertz CT molecular complexity index is 1310. The molecule has 0 fully saturated rings. The summed E-state index contributed by atoms with van der Waals surface area (Å²) in [5.41, 5.74) is 2.14. The Balaban J connectivity index is 1.45. The van der Waals surface area contributed by atoms with Crippen molar-refractivity contribution < 1.29 is 27.8 Å². The van der Waals surface area contributed by atoms with Gasteiger partial charge >= 0.3 is 0 Å². The van der Waals surface area contributed by atoms with Crippen LogP contribution in [0.4, 0.5) is 14.5 Å². The van der Waals surface area contributed by atoms with Crippen molar-refractivity contribution in [2.45, 2.75) is 6.61 Å². The number of rotatable bonds is 8. The lowest BCUT2D eigenvalue weighted by atomic mass is 10.2. The smallest absolute Gasteiger partial charge is 0.275 e. The zero-order valence-corrected chi connectivity index (χ0v) is 19.1. The Morgan fingerprint density at radius 2 is 1.74 bits per heavy atom. The first-order valence-corrected chi connectivity index (χ1v) is 11.0. The number of hydrogen-bond acceptors (Lipinski definition) is 6. The molecule has 1 N–H and O–H groups in total. The van der Waals surface area contributed by atoms with Crippen molar-refractivity contribution in [2.24, 2.45) is 0 Å². The highest BCUT2D eigenvalue weighted by atomic mass is 32.1. The van der Waals surface area contributed by atoms with Crippen molar-refractivity contribution in [1.82, 2.24) is 4.98 Å². The van der Waals surface area contributed by atoms with Crippen LogP contribution in [0.1, 0.15) is 16.1 Å². The van der Waals surface area contributed by atoms with Gasteiger partial charge < -0.3 is 19.5 Å². The minimum atomic E-state index is -0.931. The van der Waals surface area contributed by atoms with Crippen molar-refractivity contribution in [3.63, 3.8) is 0 Å². The summed E-state index contributed by atoms with van der Waals surface area (Å²) in [5, 5.41) is 5.11. The van der Waals surface area contributed by atoms with Gasteiger partial charge in [-0.3, -0.25) is 4.79 Å². The van der Waals surface area contributed by atoms with Crippen molar-refractivity contribution in [3.05, 3.63) is 88.9 Å². The number of carbonyl (C=O) groups excluding carboxylic acids is 1. The van der Waals surface area contributed by atoms with Gasteiger partial charge in [-0.25, -0.2) is 13.8 Å². The van der Waals surface area contributed by atoms with Crippen LogP contribution in [0, 0.1) is 11.6 Å². The van der Waals surface area contributed by atoms with E-state index in [9.17, 15) is 13.6 Å². The van der Waals surface area contributed by atoms with E-state index in [0.717, 1.165) is 17.7 Å². The fraction of sp³-hybridized carbons (Fsp3) is 0.120. The molecule has 0 unspecified atom stereocenters. The highest BCUT2D eigenvalue weighted by Crippen LogP contribution is 2.34. The summed E-state index contributed by atoms with van der Waals surface area (Å²) in [6, 6.07) is 15.8. The number of anilines is 1. The molecule has 3 aromatic carbocycles. The second kappa shape index (κ2) is 10.3. The van der Waals surface area contributed by atoms with Gasteiger partial charge in [0.25, 0.3) is 5.91 Å². The lowest BCUT2D eigenvalue weighted by molar-refractivity contribution is 0.102. The molecular weight excluding hydrogens is 462 g/mol. The SMILES string of the molecule is COc1ccc(NC(=O)c2csc(-c3ccc(OCc4ccc(F)c(F)c4)c(OC)c3)n2)cc1. The first kappa shape index (κ1) is 23.2. The normalized spacial score (nSPS) is 10.6. The van der Waals surface area contributed by atoms with Crippen LogP contribution in [0.3, 0.4) is 0 Å². The fourth-order valence-corrected chi connectivity index (χ4v) is 3.89. The number of amides is 1. The van der Waals surface area contributed by atoms with Crippen molar-refractivity contribution >= 4 is 22.9 Å². The first-order chi connectivity index (χ1) is 16.5. The Labute approximate surface area is 198 Å². The van der Waals surface area contributed by atoms with Crippen LogP contribution < -0.4 is 19.5 Å². The van der Waals surface area contributed by atoms with Crippen LogP contribution in [0.15, 0.2) is 66.0 Å². The molecule has 0 aliphatic rings. The van der Waals surface area contributed by atoms with Gasteiger partial charge in [-0.05, 0) is 60.2 Å². The molecule has 9 heteroatoms. The summed E-state index contributed by atoms with van der Waals surface area (Å²) in [4.78, 5) is 17.0. The number of nitrogens with zero attached hydrogens (tertiary/aromatic N) is 1. The largest absolute Gasteiger partial charge is 0.497 e. The number of thiazole rings is 1. The molecule has 1 amide bonds. The van der Waals surface area contributed by atoms with Crippen LogP contribution in [-0.2, 0) is 6.61 Å². The molecule has 0 radical (unpaired) electrons. The summed E-state index contributed by atoms with van der Waals surface area (Å²) in [5.74, 6) is -0.596. The average Bonchev–Trinajstić information content (AvgIpc) is 3.36. The van der Waals surface area contributed by atoms with E-state index in [2.05, 4.69) is 10.3 Å². The van der Waals surface area contributed by atoms with E-state index in [4.69, 9.17) is 14.2 Å². The minimum Gasteiger partial charge on any atom is -0.497 e. The minimum absolute atomic E-state index is 0.0415. The lowest BCUT2D eigenvalue weighted by Crippen LogP contribution is -2.12. The zero-order valence-electron chi connectivity index (χ0n) is 18.3. The number of ether oxygens (including phenoxy) is 3. The first-order valence-electron chi connectivity index (χ1n) is 10.1. The second-order valence-electron chi connectivity index (χ2n) is 7.12. The molecule has 1 aromatic heterocycles. The van der Waals surface area contributed by atoms with E-state index in [0.29, 0.717) is 33.5 Å². The summed E-state index contributed by atoms with van der Waals surface area (Å²) in [7, 11) is 3.07. The van der Waals surface area contributed by atoms with Gasteiger partial charge in [0.15, 0.2) is 23.1 Å². The van der Waals surface area contributed by atoms with Crippen LogP contribution in [0.5, 0.6) is 17.2 Å².